The van der Waals surface area contributed by atoms with Crippen LogP contribution in [0.25, 0.3) is 38.2 Å². The van der Waals surface area contributed by atoms with Crippen LogP contribution in [-0.2, 0) is 57.8 Å². The molecule has 4 aromatic carbocycles. The van der Waals surface area contributed by atoms with Crippen molar-refractivity contribution in [1.29, 1.82) is 0 Å². The van der Waals surface area contributed by atoms with Gasteiger partial charge >= 0.3 is 152 Å². The molecule has 0 aliphatic rings. The maximum atomic E-state index is 13.4. The molecule has 9 rings (SSSR count). The fraction of sp³-hybridized carbons (Fsp3) is 0.383. The molecule has 712 valence electrons. The van der Waals surface area contributed by atoms with Crippen LogP contribution in [0, 0.1) is 30.2 Å². The number of ether oxygens (including phenoxy) is 2. The Morgan fingerprint density at radius 1 is 0.447 bits per heavy atom. The van der Waals surface area contributed by atoms with Crippen LogP contribution in [0.2, 0.25) is 14.8 Å². The molecule has 2 amide bonds. The number of esters is 1. The summed E-state index contributed by atoms with van der Waals surface area (Å²) in [6.07, 6.45) is 2.67. The number of hydrogen-bond donors (Lipinski definition) is 7. The summed E-state index contributed by atoms with van der Waals surface area (Å²) < 4.78 is 66.3. The van der Waals surface area contributed by atoms with E-state index in [0.29, 0.717) is 53.1 Å². The van der Waals surface area contributed by atoms with Crippen molar-refractivity contribution in [2.45, 2.75) is 169 Å². The van der Waals surface area contributed by atoms with E-state index in [1.54, 1.807) is 137 Å². The van der Waals surface area contributed by atoms with Gasteiger partial charge in [-0.05, 0) is 150 Å². The van der Waals surface area contributed by atoms with E-state index in [0.717, 1.165) is 53.8 Å². The topological polar surface area (TPSA) is 369 Å². The van der Waals surface area contributed by atoms with Crippen LogP contribution >= 0.6 is 125 Å². The molecule has 0 aliphatic heterocycles. The Morgan fingerprint density at radius 3 is 1.05 bits per heavy atom. The van der Waals surface area contributed by atoms with E-state index in [1.807, 2.05) is 81.4 Å². The number of hydrogen-bond acceptors (Lipinski definition) is 20. The van der Waals surface area contributed by atoms with Crippen molar-refractivity contribution in [1.82, 2.24) is 30.2 Å². The Kier molecular flexibility index (Phi) is 51.8. The van der Waals surface area contributed by atoms with Gasteiger partial charge < -0.3 is 46.4 Å². The van der Waals surface area contributed by atoms with Gasteiger partial charge in [-0.2, -0.15) is 0 Å². The SMILES string of the molecule is CC(C)(C)OC(=O)CC(=O)c1ccc(-c2ccc([C@@H](O)[C@@H](CF)CC(=O)C(Cl)Cl)cc2)cn1.CC(C)(C)OC(=O)NCc1ccc(Br)cn1.NC(=O)CCc1ccc(-c2ccc([C@@H](O)[C@@H](CF)CC(=O)C(Cl)Cl)cc2)cn1.NCc1ccc(-c2ccc([C@@H](O)[C@@H](CF)CC(=O)C(Cl)Cl)cc2)cn1.[C-]#[N+]c1ccc(Br)cn1.[CH3][Sn]([CH3])([CH3])[c]1ccc([C@@H](O)[C@@H](CF)CC(=O)C(Cl)Cl)cc1. The van der Waals surface area contributed by atoms with Crippen molar-refractivity contribution in [2.75, 3.05) is 26.7 Å². The van der Waals surface area contributed by atoms with Crippen molar-refractivity contribution in [3.63, 3.8) is 0 Å². The fourth-order valence-corrected chi connectivity index (χ4v) is 16.3. The second-order valence-electron chi connectivity index (χ2n) is 32.7. The molecule has 0 aliphatic carbocycles. The number of nitrogens with zero attached hydrogens (tertiary/aromatic N) is 6. The van der Waals surface area contributed by atoms with Gasteiger partial charge in [0.05, 0.1) is 60.7 Å². The second kappa shape index (κ2) is 58.7. The number of carbonyl (C=O) groups is 8. The molecule has 0 saturated carbocycles. The minimum atomic E-state index is -2.14. The van der Waals surface area contributed by atoms with Gasteiger partial charge in [0.15, 0.2) is 37.6 Å². The van der Waals surface area contributed by atoms with Crippen LogP contribution in [-0.4, -0.2) is 168 Å². The number of primary amides is 1. The number of halogens is 14. The number of carbonyl (C=O) groups excluding carboxylic acids is 8. The molecule has 8 atom stereocenters. The van der Waals surface area contributed by atoms with Crippen molar-refractivity contribution >= 4 is 199 Å². The molecule has 0 fully saturated rings. The molecule has 38 heteroatoms. The predicted molar refractivity (Wildman–Crippen MR) is 520 cm³/mol. The van der Waals surface area contributed by atoms with Crippen LogP contribution < -0.4 is 20.4 Å². The third kappa shape index (κ3) is 43.1. The average Bonchev–Trinajstić information content (AvgIpc) is 0.825. The Labute approximate surface area is 826 Å². The van der Waals surface area contributed by atoms with Gasteiger partial charge in [-0.25, -0.2) is 4.79 Å². The van der Waals surface area contributed by atoms with Gasteiger partial charge in [-0.3, -0.25) is 61.9 Å². The molecule has 0 saturated heterocycles. The number of rotatable bonds is 37. The van der Waals surface area contributed by atoms with E-state index in [4.69, 9.17) is 120 Å². The zero-order valence-electron chi connectivity index (χ0n) is 73.5. The Balaban J connectivity index is 0.000000342. The molecular formula is C94H105Br2Cl8F4N9O14Sn. The van der Waals surface area contributed by atoms with Gasteiger partial charge in [0.1, 0.15) is 29.5 Å². The molecule has 0 unspecified atom stereocenters. The third-order valence-corrected chi connectivity index (χ3v) is 27.7. The molecule has 132 heavy (non-hydrogen) atoms. The van der Waals surface area contributed by atoms with Crippen LogP contribution in [0.1, 0.15) is 154 Å². The molecule has 0 radical (unpaired) electrons. The zero-order chi connectivity index (χ0) is 98.9. The van der Waals surface area contributed by atoms with Crippen molar-refractivity contribution in [3.8, 4) is 33.4 Å². The number of aliphatic hydroxyl groups is 4. The molecule has 0 bridgehead atoms. The summed E-state index contributed by atoms with van der Waals surface area (Å²) in [5.41, 5.74) is 19.0. The molecule has 9 N–H and O–H groups in total. The fourth-order valence-electron chi connectivity index (χ4n) is 11.7. The molecule has 5 heterocycles. The Morgan fingerprint density at radius 2 is 0.773 bits per heavy atom. The molecule has 5 aromatic heterocycles. The van der Waals surface area contributed by atoms with E-state index >= 15 is 0 Å². The quantitative estimate of drug-likeness (QED) is 0.00362. The van der Waals surface area contributed by atoms with Gasteiger partial charge in [0, 0.05) is 102 Å². The Bertz CT molecular complexity index is 5140. The monoisotopic (exact) mass is 2220 g/mol. The predicted octanol–water partition coefficient (Wildman–Crippen LogP) is 21.1. The van der Waals surface area contributed by atoms with Crippen LogP contribution in [0.3, 0.4) is 0 Å². The van der Waals surface area contributed by atoms with Crippen LogP contribution in [0.4, 0.5) is 28.2 Å². The Hall–Kier alpha value is -7.72. The van der Waals surface area contributed by atoms with Gasteiger partial charge in [0.25, 0.3) is 5.82 Å². The van der Waals surface area contributed by atoms with Gasteiger partial charge in [-0.15, -0.1) is 4.98 Å². The zero-order valence-corrected chi connectivity index (χ0v) is 85.6. The summed E-state index contributed by atoms with van der Waals surface area (Å²) in [7, 11) is 0. The number of amides is 2. The normalized spacial score (nSPS) is 13.1. The number of aryl methyl sites for hydroxylation is 1. The van der Waals surface area contributed by atoms with E-state index in [1.165, 1.54) is 15.8 Å². The summed E-state index contributed by atoms with van der Waals surface area (Å²) in [6.45, 7) is 14.5. The van der Waals surface area contributed by atoms with E-state index in [9.17, 15) is 76.3 Å². The van der Waals surface area contributed by atoms with E-state index in [-0.39, 0.29) is 43.7 Å². The number of pyridine rings is 5. The first-order valence-electron chi connectivity index (χ1n) is 40.8. The number of aromatic nitrogens is 5. The summed E-state index contributed by atoms with van der Waals surface area (Å²) in [5.74, 6) is -6.64. The molecular weight excluding hydrogens is 2120 g/mol. The standard InChI is InChI=1S/C24H26Cl2FNO5.C20H21Cl2FN2O3.C18H19Cl2FN2O2.C12H12Cl2FO2.C11H15BrN2O2.C6H3BrN2.3CH3.Sn/c1-24(2,3)33-21(31)11-19(29)18-9-8-16(13-28-18)14-4-6-15(7-5-14)22(32)17(12-27)10-20(30)23(25)26;21-20(22)17(26)9-15(10-23)19(28)13-3-1-12(2-4-13)14-5-6-16(25-11-14)7-8-18(24)27;19-18(20)16(24)7-14(8-21)17(25)12-3-1-11(2-4-12)13-5-6-15(9-22)23-10-13;13-12(14)10(16)6-9(7-15)11(17)8-4-2-1-3-5-8;1-11(2,3)16-10(15)14-7-9-5-4-8(12)6-13-9;1-8-6-3-2-5(7)4-9-6;;;;/h4-9,13,17,22-23,32H,10-12H2,1-3H3;1-6,11,15,19-20,28H,7-10H2,(H2,24,27);1-6,10,14,17-18,25H,7-9,22H2;2-5,9,11-12,17H,6-7H2;4-6H,7H2,1-3H3,(H,14,15);2-4H;3*1H3;/t17-,22-;15-,19-;14-,17-;9-,11-;;;;;;/m1111....../s1. The van der Waals surface area contributed by atoms with Crippen molar-refractivity contribution in [2.24, 2.45) is 35.1 Å². The van der Waals surface area contributed by atoms with Gasteiger partial charge in [0.2, 0.25) is 5.91 Å². The third-order valence-electron chi connectivity index (χ3n) is 19.0. The summed E-state index contributed by atoms with van der Waals surface area (Å²) in [4.78, 5) is 118. The summed E-state index contributed by atoms with van der Waals surface area (Å²) in [6, 6.07) is 46.0. The summed E-state index contributed by atoms with van der Waals surface area (Å²) >= 11 is 48.3. The minimum absolute atomic E-state index is 0.143. The first-order chi connectivity index (χ1) is 62.0. The molecule has 9 aromatic rings. The number of nitrogens with two attached hydrogens (primary N) is 2. The first-order valence-corrected chi connectivity index (χ1v) is 55.9. The second-order valence-corrected chi connectivity index (χ2v) is 53.4. The average molecular weight is 2220 g/mol. The molecule has 0 spiro atoms. The first kappa shape index (κ1) is 117. The van der Waals surface area contributed by atoms with Crippen molar-refractivity contribution < 1.29 is 85.8 Å². The number of ketones is 5. The number of alkyl halides is 12. The maximum absolute atomic E-state index is 13.4. The molecule has 23 nitrogen and oxygen atoms in total. The van der Waals surface area contributed by atoms with E-state index < -0.39 is 171 Å². The van der Waals surface area contributed by atoms with Crippen molar-refractivity contribution in [3.05, 3.63) is 254 Å². The van der Waals surface area contributed by atoms with Crippen LogP contribution in [0.15, 0.2) is 198 Å². The van der Waals surface area contributed by atoms with Crippen LogP contribution in [0.5, 0.6) is 0 Å². The number of aliphatic hydroxyl groups excluding tert-OH is 4. The number of alkyl carbamates (subject to hydrolysis) is 1. The number of nitrogens with one attached hydrogen (secondary N) is 1. The summed E-state index contributed by atoms with van der Waals surface area (Å²) in [5, 5.41) is 44.0. The van der Waals surface area contributed by atoms with E-state index in [2.05, 4.69) is 81.8 Å². The van der Waals surface area contributed by atoms with Gasteiger partial charge in [-0.1, -0.05) is 173 Å². The number of benzene rings is 4. The number of Topliss-reactive ketones (excluding diaryl/α,β-unsaturated/α-hetero) is 5.